The third kappa shape index (κ3) is 2.68. The van der Waals surface area contributed by atoms with Crippen LogP contribution in [0.2, 0.25) is 0 Å². The molecule has 0 aliphatic heterocycles. The van der Waals surface area contributed by atoms with Gasteiger partial charge in [0.25, 0.3) is 0 Å². The van der Waals surface area contributed by atoms with Crippen molar-refractivity contribution in [2.24, 2.45) is 11.8 Å². The summed E-state index contributed by atoms with van der Waals surface area (Å²) in [5, 5.41) is 9.56. The van der Waals surface area contributed by atoms with E-state index in [1.807, 2.05) is 6.07 Å². The Morgan fingerprint density at radius 1 is 1.11 bits per heavy atom. The molecule has 1 atom stereocenters. The summed E-state index contributed by atoms with van der Waals surface area (Å²) in [5.74, 6) is 1.42. The summed E-state index contributed by atoms with van der Waals surface area (Å²) in [6.07, 6.45) is 9.69. The molecule has 2 aliphatic carbocycles. The molecule has 1 saturated carbocycles. The molecule has 2 heteroatoms. The van der Waals surface area contributed by atoms with Crippen LogP contribution in [0.15, 0.2) is 18.2 Å². The summed E-state index contributed by atoms with van der Waals surface area (Å²) < 4.78 is 0. The lowest BCUT2D eigenvalue weighted by molar-refractivity contribution is 0.0871. The van der Waals surface area contributed by atoms with Crippen LogP contribution in [0.1, 0.15) is 60.9 Å². The molecule has 2 aliphatic rings. The van der Waals surface area contributed by atoms with Gasteiger partial charge in [0.1, 0.15) is 5.75 Å². The molecule has 0 aromatic heterocycles. The number of hydrogen-bond donors (Lipinski definition) is 1. The molecule has 0 radical (unpaired) electrons. The Hall–Kier alpha value is -1.31. The van der Waals surface area contributed by atoms with Crippen molar-refractivity contribution >= 4 is 5.78 Å². The Morgan fingerprint density at radius 3 is 2.68 bits per heavy atom. The van der Waals surface area contributed by atoms with Crippen molar-refractivity contribution in [1.82, 2.24) is 0 Å². The average Bonchev–Trinajstić information content (AvgIpc) is 2.44. The summed E-state index contributed by atoms with van der Waals surface area (Å²) in [6, 6.07) is 5.25. The van der Waals surface area contributed by atoms with Crippen LogP contribution in [0.3, 0.4) is 0 Å². The van der Waals surface area contributed by atoms with Gasteiger partial charge in [-0.2, -0.15) is 0 Å². The number of Topliss-reactive ketones (excluding diaryl/α,β-unsaturated/α-hetero) is 1. The molecule has 1 aromatic rings. The van der Waals surface area contributed by atoms with Crippen molar-refractivity contribution in [3.05, 3.63) is 29.3 Å². The fourth-order valence-corrected chi connectivity index (χ4v) is 3.74. The SMILES string of the molecule is O=C1c2cc(O)ccc2CC[C@@H]1CC1CCCCC1. The fraction of sp³-hybridized carbons (Fsp3) is 0.588. The highest BCUT2D eigenvalue weighted by atomic mass is 16.3. The molecule has 0 unspecified atom stereocenters. The lowest BCUT2D eigenvalue weighted by Gasteiger charge is -2.29. The topological polar surface area (TPSA) is 37.3 Å². The second kappa shape index (κ2) is 5.36. The van der Waals surface area contributed by atoms with Crippen LogP contribution in [0.5, 0.6) is 5.75 Å². The molecule has 0 amide bonds. The minimum Gasteiger partial charge on any atom is -0.508 e. The van der Waals surface area contributed by atoms with Crippen LogP contribution in [0.25, 0.3) is 0 Å². The largest absolute Gasteiger partial charge is 0.508 e. The van der Waals surface area contributed by atoms with Gasteiger partial charge in [-0.3, -0.25) is 4.79 Å². The van der Waals surface area contributed by atoms with E-state index in [1.54, 1.807) is 12.1 Å². The standard InChI is InChI=1S/C17H22O2/c18-15-9-8-13-6-7-14(17(19)16(13)11-15)10-12-4-2-1-3-5-12/h8-9,11-12,14,18H,1-7,10H2/t14-/m1/s1. The van der Waals surface area contributed by atoms with E-state index < -0.39 is 0 Å². The van der Waals surface area contributed by atoms with Gasteiger partial charge >= 0.3 is 0 Å². The highest BCUT2D eigenvalue weighted by Gasteiger charge is 2.30. The first-order chi connectivity index (χ1) is 9.24. The number of ketones is 1. The second-order valence-corrected chi connectivity index (χ2v) is 6.18. The van der Waals surface area contributed by atoms with Gasteiger partial charge < -0.3 is 5.11 Å². The predicted molar refractivity (Wildman–Crippen MR) is 75.4 cm³/mol. The Kier molecular flexibility index (Phi) is 3.58. The minimum absolute atomic E-state index is 0.192. The van der Waals surface area contributed by atoms with Crippen molar-refractivity contribution in [1.29, 1.82) is 0 Å². The number of benzene rings is 1. The molecule has 19 heavy (non-hydrogen) atoms. The average molecular weight is 258 g/mol. The van der Waals surface area contributed by atoms with E-state index in [1.165, 1.54) is 32.1 Å². The van der Waals surface area contributed by atoms with Crippen LogP contribution in [-0.2, 0) is 6.42 Å². The van der Waals surface area contributed by atoms with Crippen LogP contribution >= 0.6 is 0 Å². The molecule has 2 nitrogen and oxygen atoms in total. The van der Waals surface area contributed by atoms with E-state index in [4.69, 9.17) is 0 Å². The molecule has 0 bridgehead atoms. The zero-order valence-electron chi connectivity index (χ0n) is 11.4. The van der Waals surface area contributed by atoms with Crippen LogP contribution in [-0.4, -0.2) is 10.9 Å². The van der Waals surface area contributed by atoms with Crippen LogP contribution in [0, 0.1) is 11.8 Å². The Bertz CT molecular complexity index is 472. The number of carbonyl (C=O) groups excluding carboxylic acids is 1. The van der Waals surface area contributed by atoms with E-state index in [0.29, 0.717) is 0 Å². The molecule has 1 fully saturated rings. The maximum absolute atomic E-state index is 12.5. The van der Waals surface area contributed by atoms with Gasteiger partial charge in [0, 0.05) is 11.5 Å². The first kappa shape index (κ1) is 12.7. The highest BCUT2D eigenvalue weighted by molar-refractivity contribution is 6.00. The summed E-state index contributed by atoms with van der Waals surface area (Å²) in [4.78, 5) is 12.5. The Labute approximate surface area is 114 Å². The highest BCUT2D eigenvalue weighted by Crippen LogP contribution is 2.35. The number of phenols is 1. The van der Waals surface area contributed by atoms with Gasteiger partial charge in [-0.25, -0.2) is 0 Å². The maximum atomic E-state index is 12.5. The maximum Gasteiger partial charge on any atom is 0.166 e. The smallest absolute Gasteiger partial charge is 0.166 e. The second-order valence-electron chi connectivity index (χ2n) is 6.18. The van der Waals surface area contributed by atoms with Crippen molar-refractivity contribution < 1.29 is 9.90 Å². The summed E-state index contributed by atoms with van der Waals surface area (Å²) in [6.45, 7) is 0. The van der Waals surface area contributed by atoms with E-state index in [-0.39, 0.29) is 17.5 Å². The lowest BCUT2D eigenvalue weighted by Crippen LogP contribution is -2.25. The number of aromatic hydroxyl groups is 1. The van der Waals surface area contributed by atoms with Crippen molar-refractivity contribution in [3.63, 3.8) is 0 Å². The Balaban J connectivity index is 1.73. The molecular weight excluding hydrogens is 236 g/mol. The van der Waals surface area contributed by atoms with E-state index >= 15 is 0 Å². The normalized spacial score (nSPS) is 24.2. The van der Waals surface area contributed by atoms with E-state index in [9.17, 15) is 9.90 Å². The molecule has 1 N–H and O–H groups in total. The first-order valence-corrected chi connectivity index (χ1v) is 7.60. The number of rotatable bonds is 2. The van der Waals surface area contributed by atoms with E-state index in [0.717, 1.165) is 36.3 Å². The van der Waals surface area contributed by atoms with Gasteiger partial charge in [0.2, 0.25) is 0 Å². The minimum atomic E-state index is 0.192. The quantitative estimate of drug-likeness (QED) is 0.866. The van der Waals surface area contributed by atoms with Crippen molar-refractivity contribution in [3.8, 4) is 5.75 Å². The van der Waals surface area contributed by atoms with Gasteiger partial charge in [-0.05, 0) is 42.9 Å². The van der Waals surface area contributed by atoms with Crippen LogP contribution < -0.4 is 0 Å². The zero-order valence-corrected chi connectivity index (χ0v) is 11.4. The summed E-state index contributed by atoms with van der Waals surface area (Å²) in [7, 11) is 0. The third-order valence-corrected chi connectivity index (χ3v) is 4.83. The fourth-order valence-electron chi connectivity index (χ4n) is 3.74. The van der Waals surface area contributed by atoms with Gasteiger partial charge in [0.15, 0.2) is 5.78 Å². The molecular formula is C17H22O2. The molecule has 1 aromatic carbocycles. The molecule has 102 valence electrons. The summed E-state index contributed by atoms with van der Waals surface area (Å²) in [5.41, 5.74) is 1.88. The molecule has 0 saturated heterocycles. The van der Waals surface area contributed by atoms with Crippen LogP contribution in [0.4, 0.5) is 0 Å². The third-order valence-electron chi connectivity index (χ3n) is 4.83. The number of hydrogen-bond acceptors (Lipinski definition) is 2. The van der Waals surface area contributed by atoms with Gasteiger partial charge in [-0.1, -0.05) is 38.2 Å². The van der Waals surface area contributed by atoms with E-state index in [2.05, 4.69) is 0 Å². The zero-order chi connectivity index (χ0) is 13.2. The number of aryl methyl sites for hydroxylation is 1. The first-order valence-electron chi connectivity index (χ1n) is 7.60. The van der Waals surface area contributed by atoms with Gasteiger partial charge in [0.05, 0.1) is 0 Å². The summed E-state index contributed by atoms with van der Waals surface area (Å²) >= 11 is 0. The van der Waals surface area contributed by atoms with Gasteiger partial charge in [-0.15, -0.1) is 0 Å². The number of phenolic OH excluding ortho intramolecular Hbond substituents is 1. The molecule has 3 rings (SSSR count). The number of carbonyl (C=O) groups is 1. The predicted octanol–water partition coefficient (Wildman–Crippen LogP) is 4.11. The monoisotopic (exact) mass is 258 g/mol. The molecule has 0 heterocycles. The van der Waals surface area contributed by atoms with Crippen molar-refractivity contribution in [2.45, 2.75) is 51.4 Å². The lowest BCUT2D eigenvalue weighted by atomic mass is 9.75. The Morgan fingerprint density at radius 2 is 1.89 bits per heavy atom. The number of fused-ring (bicyclic) bond motifs is 1. The molecule has 0 spiro atoms. The van der Waals surface area contributed by atoms with Crippen molar-refractivity contribution in [2.75, 3.05) is 0 Å².